The number of hydrogen-bond donors (Lipinski definition) is 0. The summed E-state index contributed by atoms with van der Waals surface area (Å²) in [5, 5.41) is 0. The Morgan fingerprint density at radius 1 is 1.15 bits per heavy atom. The Kier molecular flexibility index (Phi) is 5.82. The van der Waals surface area contributed by atoms with Gasteiger partial charge in [0.1, 0.15) is 0 Å². The average molecular weight is 402 g/mol. The Morgan fingerprint density at radius 2 is 1.62 bits per heavy atom. The van der Waals surface area contributed by atoms with Gasteiger partial charge in [0.15, 0.2) is 0 Å². The molecule has 0 heterocycles. The van der Waals surface area contributed by atoms with Crippen molar-refractivity contribution in [2.45, 2.75) is 32.6 Å². The van der Waals surface area contributed by atoms with Gasteiger partial charge in [0, 0.05) is 3.57 Å². The van der Waals surface area contributed by atoms with Crippen molar-refractivity contribution >= 4 is 46.6 Å². The highest BCUT2D eigenvalue weighted by atomic mass is 127. The van der Waals surface area contributed by atoms with Gasteiger partial charge < -0.3 is 0 Å². The predicted octanol–water partition coefficient (Wildman–Crippen LogP) is 4.60. The van der Waals surface area contributed by atoms with E-state index >= 15 is 0 Å². The lowest BCUT2D eigenvalue weighted by Crippen LogP contribution is -2.14. The summed E-state index contributed by atoms with van der Waals surface area (Å²) in [5.41, 5.74) is 1.76. The third-order valence-electron chi connectivity index (χ3n) is 2.51. The van der Waals surface area contributed by atoms with Crippen molar-refractivity contribution in [1.82, 2.24) is 0 Å². The summed E-state index contributed by atoms with van der Waals surface area (Å²) in [6.45, 7) is 6.81. The summed E-state index contributed by atoms with van der Waals surface area (Å²) in [4.78, 5) is 0. The molecular weight excluding hydrogens is 386 g/mol. The Hall–Kier alpha value is 0.680. The minimum Gasteiger partial charge on any atom is -0.107 e. The molecule has 0 atom stereocenters. The molecule has 0 aromatic heterocycles. The summed E-state index contributed by atoms with van der Waals surface area (Å²) in [6.07, 6.45) is 1.19. The fourth-order valence-corrected chi connectivity index (χ4v) is 1.46. The molecule has 74 valence electrons. The van der Waals surface area contributed by atoms with Crippen LogP contribution in [0.3, 0.4) is 0 Å². The van der Waals surface area contributed by atoms with Crippen LogP contribution < -0.4 is 0 Å². The monoisotopic (exact) mass is 402 g/mol. The maximum Gasteiger partial charge on any atom is 0.0130 e. The first-order valence-corrected chi connectivity index (χ1v) is 5.40. The lowest BCUT2D eigenvalue weighted by molar-refractivity contribution is 0.506. The van der Waals surface area contributed by atoms with E-state index in [-0.39, 0.29) is 24.0 Å². The zero-order chi connectivity index (χ0) is 9.19. The molecule has 0 spiro atoms. The Bertz CT molecular complexity index is 249. The predicted molar refractivity (Wildman–Crippen MR) is 77.9 cm³/mol. The fraction of sp³-hybridized carbons (Fsp3) is 0.455. The van der Waals surface area contributed by atoms with Gasteiger partial charge in [0.05, 0.1) is 0 Å². The summed E-state index contributed by atoms with van der Waals surface area (Å²) < 4.78 is 1.31. The van der Waals surface area contributed by atoms with Gasteiger partial charge in [-0.05, 0) is 52.1 Å². The molecule has 0 N–H and O–H groups in total. The molecule has 1 aromatic rings. The van der Waals surface area contributed by atoms with Crippen LogP contribution in [0.2, 0.25) is 0 Å². The molecule has 0 saturated carbocycles. The first-order valence-electron chi connectivity index (χ1n) is 4.32. The van der Waals surface area contributed by atoms with Crippen LogP contribution in [-0.4, -0.2) is 0 Å². The summed E-state index contributed by atoms with van der Waals surface area (Å²) in [6, 6.07) is 8.80. The van der Waals surface area contributed by atoms with E-state index in [1.165, 1.54) is 15.6 Å². The standard InChI is InChI=1S/C11H15I.HI/c1-4-11(2,3)9-5-7-10(12)8-6-9;/h5-8H,4H2,1-3H3;1H. The van der Waals surface area contributed by atoms with E-state index in [9.17, 15) is 0 Å². The molecule has 0 saturated heterocycles. The van der Waals surface area contributed by atoms with Gasteiger partial charge in [-0.25, -0.2) is 0 Å². The SMILES string of the molecule is CCC(C)(C)c1ccc(I)cc1.I. The summed E-state index contributed by atoms with van der Waals surface area (Å²) in [5.74, 6) is 0. The zero-order valence-electron chi connectivity index (χ0n) is 8.30. The highest BCUT2D eigenvalue weighted by Crippen LogP contribution is 2.26. The van der Waals surface area contributed by atoms with Gasteiger partial charge in [-0.2, -0.15) is 0 Å². The van der Waals surface area contributed by atoms with Crippen molar-refractivity contribution in [3.8, 4) is 0 Å². The number of halogens is 2. The normalized spacial score (nSPS) is 10.8. The van der Waals surface area contributed by atoms with E-state index in [1.54, 1.807) is 0 Å². The number of hydrogen-bond acceptors (Lipinski definition) is 0. The van der Waals surface area contributed by atoms with Crippen LogP contribution in [0.25, 0.3) is 0 Å². The minimum atomic E-state index is 0. The molecule has 0 nitrogen and oxygen atoms in total. The smallest absolute Gasteiger partial charge is 0.0130 e. The molecule has 2 heteroatoms. The van der Waals surface area contributed by atoms with Crippen molar-refractivity contribution in [2.75, 3.05) is 0 Å². The fourth-order valence-electron chi connectivity index (χ4n) is 1.11. The van der Waals surface area contributed by atoms with Crippen LogP contribution >= 0.6 is 46.6 Å². The lowest BCUT2D eigenvalue weighted by Gasteiger charge is -2.23. The molecule has 0 aliphatic carbocycles. The molecule has 1 rings (SSSR count). The maximum absolute atomic E-state index is 2.34. The first kappa shape index (κ1) is 13.7. The third kappa shape index (κ3) is 3.73. The van der Waals surface area contributed by atoms with Crippen molar-refractivity contribution in [1.29, 1.82) is 0 Å². The van der Waals surface area contributed by atoms with Crippen LogP contribution in [0.5, 0.6) is 0 Å². The van der Waals surface area contributed by atoms with E-state index < -0.39 is 0 Å². The van der Waals surface area contributed by atoms with Crippen LogP contribution in [-0.2, 0) is 5.41 Å². The van der Waals surface area contributed by atoms with Crippen molar-refractivity contribution in [2.24, 2.45) is 0 Å². The molecule has 1 aromatic carbocycles. The van der Waals surface area contributed by atoms with Gasteiger partial charge in [0.2, 0.25) is 0 Å². The van der Waals surface area contributed by atoms with Crippen LogP contribution in [0.1, 0.15) is 32.8 Å². The number of rotatable bonds is 2. The van der Waals surface area contributed by atoms with Crippen LogP contribution in [0, 0.1) is 3.57 Å². The van der Waals surface area contributed by atoms with E-state index in [4.69, 9.17) is 0 Å². The second-order valence-electron chi connectivity index (χ2n) is 3.74. The Labute approximate surface area is 112 Å². The third-order valence-corrected chi connectivity index (χ3v) is 3.23. The zero-order valence-corrected chi connectivity index (χ0v) is 12.8. The van der Waals surface area contributed by atoms with E-state index in [0.29, 0.717) is 5.41 Å². The van der Waals surface area contributed by atoms with Gasteiger partial charge in [-0.1, -0.05) is 32.9 Å². The van der Waals surface area contributed by atoms with Gasteiger partial charge >= 0.3 is 0 Å². The minimum absolute atomic E-state index is 0. The maximum atomic E-state index is 2.34. The largest absolute Gasteiger partial charge is 0.107 e. The average Bonchev–Trinajstić information content (AvgIpc) is 2.05. The molecule has 0 unspecified atom stereocenters. The van der Waals surface area contributed by atoms with Gasteiger partial charge in [0.25, 0.3) is 0 Å². The molecule has 0 aliphatic rings. The topological polar surface area (TPSA) is 0 Å². The second kappa shape index (κ2) is 5.53. The van der Waals surface area contributed by atoms with Crippen molar-refractivity contribution in [3.05, 3.63) is 33.4 Å². The first-order chi connectivity index (χ1) is 5.56. The highest BCUT2D eigenvalue weighted by molar-refractivity contribution is 14.1. The molecule has 0 fully saturated rings. The van der Waals surface area contributed by atoms with Gasteiger partial charge in [-0.15, -0.1) is 24.0 Å². The summed E-state index contributed by atoms with van der Waals surface area (Å²) >= 11 is 2.34. The number of benzene rings is 1. The Morgan fingerprint density at radius 3 is 2.00 bits per heavy atom. The molecular formula is C11H16I2. The molecule has 0 aliphatic heterocycles. The van der Waals surface area contributed by atoms with Crippen molar-refractivity contribution < 1.29 is 0 Å². The molecule has 13 heavy (non-hydrogen) atoms. The van der Waals surface area contributed by atoms with Crippen molar-refractivity contribution in [3.63, 3.8) is 0 Å². The Balaban J connectivity index is 0.00000144. The van der Waals surface area contributed by atoms with Crippen LogP contribution in [0.4, 0.5) is 0 Å². The quantitative estimate of drug-likeness (QED) is 0.635. The van der Waals surface area contributed by atoms with Crippen LogP contribution in [0.15, 0.2) is 24.3 Å². The molecule has 0 amide bonds. The summed E-state index contributed by atoms with van der Waals surface area (Å²) in [7, 11) is 0. The molecule has 0 bridgehead atoms. The van der Waals surface area contributed by atoms with E-state index in [0.717, 1.165) is 0 Å². The van der Waals surface area contributed by atoms with E-state index in [1.807, 2.05) is 0 Å². The van der Waals surface area contributed by atoms with E-state index in [2.05, 4.69) is 67.6 Å². The lowest BCUT2D eigenvalue weighted by atomic mass is 9.82. The highest BCUT2D eigenvalue weighted by Gasteiger charge is 2.16. The molecule has 0 radical (unpaired) electrons. The second-order valence-corrected chi connectivity index (χ2v) is 4.99. The van der Waals surface area contributed by atoms with Gasteiger partial charge in [-0.3, -0.25) is 0 Å².